The summed E-state index contributed by atoms with van der Waals surface area (Å²) in [7, 11) is 0. The van der Waals surface area contributed by atoms with Crippen molar-refractivity contribution in [2.45, 2.75) is 19.8 Å². The van der Waals surface area contributed by atoms with Gasteiger partial charge in [-0.15, -0.1) is 0 Å². The topological polar surface area (TPSA) is 46.5 Å². The van der Waals surface area contributed by atoms with E-state index in [2.05, 4.69) is 0 Å². The molecule has 3 nitrogen and oxygen atoms in total. The Morgan fingerprint density at radius 1 is 1.91 bits per heavy atom. The van der Waals surface area contributed by atoms with Crippen LogP contribution in [0.25, 0.3) is 0 Å². The van der Waals surface area contributed by atoms with Crippen LogP contribution in [0, 0.1) is 5.92 Å². The number of rotatable bonds is 2. The van der Waals surface area contributed by atoms with E-state index >= 15 is 0 Å². The third-order valence-electron chi connectivity index (χ3n) is 1.71. The molecular weight excluding hydrogens is 144 g/mol. The Labute approximate surface area is 65.7 Å². The highest BCUT2D eigenvalue weighted by molar-refractivity contribution is 5.73. The van der Waals surface area contributed by atoms with Crippen LogP contribution in [0.4, 0.5) is 0 Å². The molecule has 0 aromatic carbocycles. The molecule has 1 aliphatic carbocycles. The van der Waals surface area contributed by atoms with E-state index in [4.69, 9.17) is 9.84 Å². The molecule has 0 amide bonds. The van der Waals surface area contributed by atoms with E-state index in [0.29, 0.717) is 25.2 Å². The maximum absolute atomic E-state index is 11.0. The second-order valence-corrected chi connectivity index (χ2v) is 2.58. The van der Waals surface area contributed by atoms with Gasteiger partial charge in [-0.1, -0.05) is 0 Å². The second kappa shape index (κ2) is 3.42. The van der Waals surface area contributed by atoms with Crippen molar-refractivity contribution in [3.63, 3.8) is 0 Å². The third kappa shape index (κ3) is 1.97. The van der Waals surface area contributed by atoms with E-state index in [9.17, 15) is 4.79 Å². The summed E-state index contributed by atoms with van der Waals surface area (Å²) in [6.07, 6.45) is 2.73. The number of aliphatic hydroxyl groups is 1. The monoisotopic (exact) mass is 156 g/mol. The van der Waals surface area contributed by atoms with Gasteiger partial charge >= 0.3 is 5.97 Å². The van der Waals surface area contributed by atoms with Gasteiger partial charge in [0.25, 0.3) is 0 Å². The summed E-state index contributed by atoms with van der Waals surface area (Å²) in [6.45, 7) is 2.19. The standard InChI is InChI=1S/C8H12O3/c1-2-11-8(10)6-3-4-7(9)5-6/h4,6,9H,2-3,5H2,1H3. The maximum Gasteiger partial charge on any atom is 0.309 e. The lowest BCUT2D eigenvalue weighted by Gasteiger charge is -2.06. The van der Waals surface area contributed by atoms with Crippen LogP contribution in [-0.2, 0) is 9.53 Å². The highest BCUT2D eigenvalue weighted by Gasteiger charge is 2.24. The predicted molar refractivity (Wildman–Crippen MR) is 40.1 cm³/mol. The molecule has 1 N–H and O–H groups in total. The SMILES string of the molecule is CCOC(=O)C1CC=C(O)C1. The number of carbonyl (C=O) groups is 1. The van der Waals surface area contributed by atoms with Gasteiger partial charge in [0.2, 0.25) is 0 Å². The van der Waals surface area contributed by atoms with Gasteiger partial charge in [0.05, 0.1) is 18.3 Å². The average molecular weight is 156 g/mol. The molecule has 0 heterocycles. The van der Waals surface area contributed by atoms with E-state index < -0.39 is 0 Å². The number of hydrogen-bond acceptors (Lipinski definition) is 3. The van der Waals surface area contributed by atoms with Gasteiger partial charge in [0.1, 0.15) is 0 Å². The summed E-state index contributed by atoms with van der Waals surface area (Å²) in [6, 6.07) is 0. The molecule has 0 aromatic heterocycles. The number of hydrogen-bond donors (Lipinski definition) is 1. The van der Waals surface area contributed by atoms with Crippen LogP contribution in [0.2, 0.25) is 0 Å². The maximum atomic E-state index is 11.0. The van der Waals surface area contributed by atoms with E-state index in [1.54, 1.807) is 13.0 Å². The lowest BCUT2D eigenvalue weighted by molar-refractivity contribution is -0.147. The quantitative estimate of drug-likeness (QED) is 0.615. The van der Waals surface area contributed by atoms with Crippen molar-refractivity contribution < 1.29 is 14.6 Å². The van der Waals surface area contributed by atoms with Gasteiger partial charge in [-0.05, 0) is 19.4 Å². The molecule has 0 radical (unpaired) electrons. The minimum Gasteiger partial charge on any atom is -0.513 e. The van der Waals surface area contributed by atoms with Crippen LogP contribution >= 0.6 is 0 Å². The van der Waals surface area contributed by atoms with Crippen LogP contribution in [0.1, 0.15) is 19.8 Å². The zero-order chi connectivity index (χ0) is 8.27. The first kappa shape index (κ1) is 8.11. The van der Waals surface area contributed by atoms with Crippen LogP contribution in [0.15, 0.2) is 11.8 Å². The van der Waals surface area contributed by atoms with Crippen LogP contribution < -0.4 is 0 Å². The van der Waals surface area contributed by atoms with Gasteiger partial charge in [0.15, 0.2) is 0 Å². The van der Waals surface area contributed by atoms with Crippen molar-refractivity contribution in [3.8, 4) is 0 Å². The number of esters is 1. The Balaban J connectivity index is 2.34. The van der Waals surface area contributed by atoms with Crippen LogP contribution in [0.5, 0.6) is 0 Å². The van der Waals surface area contributed by atoms with Gasteiger partial charge in [-0.25, -0.2) is 0 Å². The Kier molecular flexibility index (Phi) is 2.52. The summed E-state index contributed by atoms with van der Waals surface area (Å²) in [5.74, 6) is -0.0363. The van der Waals surface area contributed by atoms with Gasteiger partial charge < -0.3 is 9.84 Å². The van der Waals surface area contributed by atoms with Gasteiger partial charge in [-0.2, -0.15) is 0 Å². The smallest absolute Gasteiger partial charge is 0.309 e. The molecule has 0 spiro atoms. The first-order valence-corrected chi connectivity index (χ1v) is 3.78. The molecule has 0 bridgehead atoms. The number of carbonyl (C=O) groups excluding carboxylic acids is 1. The Morgan fingerprint density at radius 3 is 3.09 bits per heavy atom. The minimum absolute atomic E-state index is 0.144. The Hall–Kier alpha value is -0.990. The fourth-order valence-corrected chi connectivity index (χ4v) is 1.14. The number of aliphatic hydroxyl groups excluding tert-OH is 1. The lowest BCUT2D eigenvalue weighted by atomic mass is 10.1. The molecular formula is C8H12O3. The van der Waals surface area contributed by atoms with Gasteiger partial charge in [-0.3, -0.25) is 4.79 Å². The van der Waals surface area contributed by atoms with E-state index in [1.165, 1.54) is 0 Å². The molecule has 1 unspecified atom stereocenters. The van der Waals surface area contributed by atoms with Crippen LogP contribution in [0.3, 0.4) is 0 Å². The number of allylic oxidation sites excluding steroid dienone is 2. The second-order valence-electron chi connectivity index (χ2n) is 2.58. The summed E-state index contributed by atoms with van der Waals surface area (Å²) in [5.41, 5.74) is 0. The minimum atomic E-state index is -0.201. The Morgan fingerprint density at radius 2 is 2.64 bits per heavy atom. The fraction of sp³-hybridized carbons (Fsp3) is 0.625. The van der Waals surface area contributed by atoms with E-state index in [1.807, 2.05) is 0 Å². The fourth-order valence-electron chi connectivity index (χ4n) is 1.14. The van der Waals surface area contributed by atoms with Crippen molar-refractivity contribution in [2.75, 3.05) is 6.61 Å². The van der Waals surface area contributed by atoms with E-state index in [0.717, 1.165) is 0 Å². The Bertz CT molecular complexity index is 184. The van der Waals surface area contributed by atoms with Crippen molar-refractivity contribution in [1.29, 1.82) is 0 Å². The van der Waals surface area contributed by atoms with Crippen molar-refractivity contribution in [2.24, 2.45) is 5.92 Å². The summed E-state index contributed by atoms with van der Waals surface area (Å²) < 4.78 is 4.79. The summed E-state index contributed by atoms with van der Waals surface area (Å²) >= 11 is 0. The first-order valence-electron chi connectivity index (χ1n) is 3.78. The summed E-state index contributed by atoms with van der Waals surface area (Å²) in [5, 5.41) is 8.97. The third-order valence-corrected chi connectivity index (χ3v) is 1.71. The number of ether oxygens (including phenoxy) is 1. The first-order chi connectivity index (χ1) is 5.24. The van der Waals surface area contributed by atoms with Gasteiger partial charge in [0, 0.05) is 6.42 Å². The highest BCUT2D eigenvalue weighted by atomic mass is 16.5. The van der Waals surface area contributed by atoms with Crippen molar-refractivity contribution >= 4 is 5.97 Å². The molecule has 0 saturated heterocycles. The molecule has 0 saturated carbocycles. The molecule has 62 valence electrons. The molecule has 1 atom stereocenters. The predicted octanol–water partition coefficient (Wildman–Crippen LogP) is 1.40. The molecule has 1 rings (SSSR count). The molecule has 0 aromatic rings. The average Bonchev–Trinajstić information content (AvgIpc) is 2.36. The summed E-state index contributed by atoms with van der Waals surface area (Å²) in [4.78, 5) is 11.0. The zero-order valence-electron chi connectivity index (χ0n) is 6.54. The normalized spacial score (nSPS) is 23.0. The molecule has 3 heteroatoms. The molecule has 11 heavy (non-hydrogen) atoms. The van der Waals surface area contributed by atoms with Crippen LogP contribution in [-0.4, -0.2) is 17.7 Å². The van der Waals surface area contributed by atoms with E-state index in [-0.39, 0.29) is 11.9 Å². The largest absolute Gasteiger partial charge is 0.513 e. The zero-order valence-corrected chi connectivity index (χ0v) is 6.54. The highest BCUT2D eigenvalue weighted by Crippen LogP contribution is 2.23. The molecule has 0 fully saturated rings. The molecule has 1 aliphatic rings. The van der Waals surface area contributed by atoms with Crippen molar-refractivity contribution in [1.82, 2.24) is 0 Å². The lowest BCUT2D eigenvalue weighted by Crippen LogP contribution is -2.14. The molecule has 0 aliphatic heterocycles. The van der Waals surface area contributed by atoms with Crippen molar-refractivity contribution in [3.05, 3.63) is 11.8 Å².